The van der Waals surface area contributed by atoms with Gasteiger partial charge in [0.2, 0.25) is 10.0 Å². The van der Waals surface area contributed by atoms with Gasteiger partial charge in [0.15, 0.2) is 11.5 Å². The number of hydrogen-bond acceptors (Lipinski definition) is 8. The first-order valence-corrected chi connectivity index (χ1v) is 14.5. The SMILES string of the molecule is COc1cc2nc(C)nc(N[C@H](C)c3cccc(CC(C)(C)O)c3F)c2cc1OCCN(C)S(=O)(=O)C1CC1. The number of rotatable bonds is 12. The summed E-state index contributed by atoms with van der Waals surface area (Å²) >= 11 is 0. The van der Waals surface area contributed by atoms with Crippen molar-refractivity contribution < 1.29 is 27.4 Å². The lowest BCUT2D eigenvalue weighted by Gasteiger charge is -2.22. The third-order valence-electron chi connectivity index (χ3n) is 6.69. The minimum Gasteiger partial charge on any atom is -0.493 e. The van der Waals surface area contributed by atoms with Crippen molar-refractivity contribution >= 4 is 26.7 Å². The van der Waals surface area contributed by atoms with Crippen LogP contribution in [0.15, 0.2) is 30.3 Å². The number of aliphatic hydroxyl groups is 1. The lowest BCUT2D eigenvalue weighted by Crippen LogP contribution is -2.33. The van der Waals surface area contributed by atoms with Gasteiger partial charge in [-0.05, 0) is 52.2 Å². The highest BCUT2D eigenvalue weighted by Gasteiger charge is 2.38. The molecule has 0 aliphatic heterocycles. The summed E-state index contributed by atoms with van der Waals surface area (Å²) in [7, 11) is -0.207. The van der Waals surface area contributed by atoms with Crippen LogP contribution in [0.3, 0.4) is 0 Å². The van der Waals surface area contributed by atoms with Crippen LogP contribution in [-0.2, 0) is 16.4 Å². The van der Waals surface area contributed by atoms with Crippen LogP contribution in [0.5, 0.6) is 11.5 Å². The monoisotopic (exact) mass is 560 g/mol. The number of nitrogens with one attached hydrogen (secondary N) is 1. The van der Waals surface area contributed by atoms with Gasteiger partial charge in [0, 0.05) is 37.0 Å². The molecule has 1 saturated carbocycles. The Labute approximate surface area is 229 Å². The van der Waals surface area contributed by atoms with E-state index in [9.17, 15) is 13.5 Å². The number of ether oxygens (including phenoxy) is 2. The molecule has 1 heterocycles. The Morgan fingerprint density at radius 2 is 1.95 bits per heavy atom. The van der Waals surface area contributed by atoms with Gasteiger partial charge in [-0.25, -0.2) is 27.1 Å². The predicted molar refractivity (Wildman–Crippen MR) is 149 cm³/mol. The largest absolute Gasteiger partial charge is 0.493 e. The van der Waals surface area contributed by atoms with E-state index >= 15 is 4.39 Å². The molecule has 39 heavy (non-hydrogen) atoms. The molecule has 212 valence electrons. The number of hydrogen-bond donors (Lipinski definition) is 2. The van der Waals surface area contributed by atoms with Gasteiger partial charge in [-0.3, -0.25) is 0 Å². The van der Waals surface area contributed by atoms with E-state index < -0.39 is 21.7 Å². The summed E-state index contributed by atoms with van der Waals surface area (Å²) in [6.07, 6.45) is 1.59. The Morgan fingerprint density at radius 1 is 1.23 bits per heavy atom. The van der Waals surface area contributed by atoms with E-state index in [0.717, 1.165) is 0 Å². The molecule has 0 saturated heterocycles. The Morgan fingerprint density at radius 3 is 2.59 bits per heavy atom. The van der Waals surface area contributed by atoms with Crippen molar-refractivity contribution in [3.8, 4) is 11.5 Å². The van der Waals surface area contributed by atoms with Crippen LogP contribution >= 0.6 is 0 Å². The Balaban J connectivity index is 1.59. The fourth-order valence-electron chi connectivity index (χ4n) is 4.49. The zero-order chi connectivity index (χ0) is 28.5. The Hall–Kier alpha value is -3.02. The van der Waals surface area contributed by atoms with Crippen molar-refractivity contribution in [1.29, 1.82) is 0 Å². The summed E-state index contributed by atoms with van der Waals surface area (Å²) in [4.78, 5) is 9.10. The number of aryl methyl sites for hydroxylation is 1. The summed E-state index contributed by atoms with van der Waals surface area (Å²) < 4.78 is 53.0. The minimum absolute atomic E-state index is 0.134. The number of anilines is 1. The highest BCUT2D eigenvalue weighted by molar-refractivity contribution is 7.90. The molecule has 4 rings (SSSR count). The number of sulfonamides is 1. The zero-order valence-corrected chi connectivity index (χ0v) is 24.1. The Kier molecular flexibility index (Phi) is 8.34. The molecule has 3 aromatic rings. The molecule has 0 radical (unpaired) electrons. The molecule has 2 N–H and O–H groups in total. The van der Waals surface area contributed by atoms with Crippen molar-refractivity contribution in [3.63, 3.8) is 0 Å². The predicted octanol–water partition coefficient (Wildman–Crippen LogP) is 4.38. The van der Waals surface area contributed by atoms with Crippen LogP contribution in [0, 0.1) is 12.7 Å². The van der Waals surface area contributed by atoms with Gasteiger partial charge < -0.3 is 19.9 Å². The third-order valence-corrected chi connectivity index (χ3v) is 9.05. The van der Waals surface area contributed by atoms with Gasteiger partial charge in [0.1, 0.15) is 24.1 Å². The van der Waals surface area contributed by atoms with Crippen molar-refractivity contribution in [1.82, 2.24) is 14.3 Å². The highest BCUT2D eigenvalue weighted by Crippen LogP contribution is 2.36. The molecule has 1 aromatic heterocycles. The number of methoxy groups -OCH3 is 1. The molecular formula is C28H37FN4O5S. The first-order chi connectivity index (χ1) is 18.3. The molecule has 1 aliphatic rings. The lowest BCUT2D eigenvalue weighted by molar-refractivity contribution is 0.0799. The molecule has 1 aliphatic carbocycles. The molecule has 0 amide bonds. The highest BCUT2D eigenvalue weighted by atomic mass is 32.2. The van der Waals surface area contributed by atoms with Crippen LogP contribution < -0.4 is 14.8 Å². The van der Waals surface area contributed by atoms with E-state index in [0.29, 0.717) is 58.0 Å². The van der Waals surface area contributed by atoms with Crippen LogP contribution in [0.25, 0.3) is 10.9 Å². The summed E-state index contributed by atoms with van der Waals surface area (Å²) in [6.45, 7) is 7.24. The molecule has 0 bridgehead atoms. The molecule has 0 spiro atoms. The van der Waals surface area contributed by atoms with Gasteiger partial charge in [0.25, 0.3) is 0 Å². The Bertz CT molecular complexity index is 1450. The molecular weight excluding hydrogens is 523 g/mol. The maximum absolute atomic E-state index is 15.4. The van der Waals surface area contributed by atoms with Crippen molar-refractivity contribution in [2.24, 2.45) is 0 Å². The number of benzene rings is 2. The molecule has 0 unspecified atom stereocenters. The molecule has 11 heteroatoms. The summed E-state index contributed by atoms with van der Waals surface area (Å²) in [5, 5.41) is 13.9. The first-order valence-electron chi connectivity index (χ1n) is 13.0. The van der Waals surface area contributed by atoms with E-state index in [1.807, 2.05) is 6.92 Å². The number of fused-ring (bicyclic) bond motifs is 1. The topological polar surface area (TPSA) is 114 Å². The normalized spacial score (nSPS) is 15.0. The van der Waals surface area contributed by atoms with E-state index in [-0.39, 0.29) is 30.6 Å². The summed E-state index contributed by atoms with van der Waals surface area (Å²) in [6, 6.07) is 8.21. The number of aromatic nitrogens is 2. The van der Waals surface area contributed by atoms with Gasteiger partial charge in [-0.2, -0.15) is 0 Å². The first kappa shape index (κ1) is 29.0. The fraction of sp³-hybridized carbons (Fsp3) is 0.500. The van der Waals surface area contributed by atoms with Crippen molar-refractivity contribution in [2.45, 2.75) is 63.9 Å². The van der Waals surface area contributed by atoms with E-state index in [1.54, 1.807) is 58.2 Å². The van der Waals surface area contributed by atoms with Crippen LogP contribution in [0.1, 0.15) is 56.6 Å². The number of likely N-dealkylation sites (N-methyl/N-ethyl adjacent to an activating group) is 1. The molecule has 1 atom stereocenters. The van der Waals surface area contributed by atoms with Gasteiger partial charge >= 0.3 is 0 Å². The number of nitrogens with zero attached hydrogens (tertiary/aromatic N) is 3. The van der Waals surface area contributed by atoms with E-state index in [2.05, 4.69) is 15.3 Å². The summed E-state index contributed by atoms with van der Waals surface area (Å²) in [5.41, 5.74) is 0.464. The fourth-order valence-corrected chi connectivity index (χ4v) is 6.06. The van der Waals surface area contributed by atoms with Gasteiger partial charge in [-0.1, -0.05) is 18.2 Å². The van der Waals surface area contributed by atoms with Gasteiger partial charge in [-0.15, -0.1) is 0 Å². The van der Waals surface area contributed by atoms with Gasteiger partial charge in [0.05, 0.1) is 29.5 Å². The standard InChI is InChI=1S/C28H37FN4O5S/c1-17(21-9-7-8-19(26(21)29)16-28(3,4)34)30-27-22-14-25(24(37-6)15-23(22)31-18(2)32-27)38-13-12-33(5)39(35,36)20-10-11-20/h7-9,14-15,17,20,34H,10-13,16H2,1-6H3,(H,30,31,32)/t17-/m1/s1. The zero-order valence-electron chi connectivity index (χ0n) is 23.3. The van der Waals surface area contributed by atoms with Crippen molar-refractivity contribution in [2.75, 3.05) is 32.6 Å². The second-order valence-electron chi connectivity index (χ2n) is 10.7. The van der Waals surface area contributed by atoms with E-state index in [1.165, 1.54) is 11.4 Å². The lowest BCUT2D eigenvalue weighted by atomic mass is 9.95. The molecule has 9 nitrogen and oxygen atoms in total. The second-order valence-corrected chi connectivity index (χ2v) is 13.0. The van der Waals surface area contributed by atoms with Crippen molar-refractivity contribution in [3.05, 3.63) is 53.1 Å². The maximum Gasteiger partial charge on any atom is 0.216 e. The van der Waals surface area contributed by atoms with Crippen LogP contribution in [-0.4, -0.2) is 66.0 Å². The molecule has 1 fully saturated rings. The van der Waals surface area contributed by atoms with E-state index in [4.69, 9.17) is 9.47 Å². The quantitative estimate of drug-likeness (QED) is 0.336. The average molecular weight is 561 g/mol. The second kappa shape index (κ2) is 11.2. The minimum atomic E-state index is -3.29. The van der Waals surface area contributed by atoms with Crippen LogP contribution in [0.2, 0.25) is 0 Å². The smallest absolute Gasteiger partial charge is 0.216 e. The number of halogens is 1. The van der Waals surface area contributed by atoms with Crippen LogP contribution in [0.4, 0.5) is 10.2 Å². The summed E-state index contributed by atoms with van der Waals surface area (Å²) in [5.74, 6) is 1.53. The average Bonchev–Trinajstić information content (AvgIpc) is 3.70. The third kappa shape index (κ3) is 6.77. The maximum atomic E-state index is 15.4. The molecule has 2 aromatic carbocycles.